The summed E-state index contributed by atoms with van der Waals surface area (Å²) < 4.78 is 28.4. The molecule has 0 saturated carbocycles. The molecule has 144 valence electrons. The van der Waals surface area contributed by atoms with E-state index in [9.17, 15) is 13.2 Å². The maximum atomic E-state index is 12.6. The van der Waals surface area contributed by atoms with Gasteiger partial charge in [-0.15, -0.1) is 0 Å². The van der Waals surface area contributed by atoms with Crippen molar-refractivity contribution in [1.29, 1.82) is 0 Å². The van der Waals surface area contributed by atoms with Crippen LogP contribution in [0.2, 0.25) is 0 Å². The number of anilines is 4. The first-order chi connectivity index (χ1) is 12.9. The van der Waals surface area contributed by atoms with E-state index in [2.05, 4.69) is 51.9 Å². The highest BCUT2D eigenvalue weighted by Gasteiger charge is 2.17. The second kappa shape index (κ2) is 8.06. The molecular formula is C15H18BrN7O3S. The molecule has 0 fully saturated rings. The van der Waals surface area contributed by atoms with Crippen LogP contribution in [0.4, 0.5) is 27.9 Å². The van der Waals surface area contributed by atoms with Gasteiger partial charge in [-0.1, -0.05) is 0 Å². The van der Waals surface area contributed by atoms with Crippen molar-refractivity contribution in [2.24, 2.45) is 0 Å². The van der Waals surface area contributed by atoms with E-state index in [-0.39, 0.29) is 17.4 Å². The Morgan fingerprint density at radius 2 is 2.07 bits per heavy atom. The number of urea groups is 1. The van der Waals surface area contributed by atoms with E-state index in [1.54, 1.807) is 12.3 Å². The number of nitrogens with zero attached hydrogens (tertiary/aromatic N) is 2. The van der Waals surface area contributed by atoms with Crippen LogP contribution in [0.3, 0.4) is 0 Å². The Morgan fingerprint density at radius 3 is 2.85 bits per heavy atom. The fourth-order valence-corrected chi connectivity index (χ4v) is 3.83. The van der Waals surface area contributed by atoms with Gasteiger partial charge < -0.3 is 21.3 Å². The molecule has 2 heterocycles. The lowest BCUT2D eigenvalue weighted by atomic mass is 10.2. The zero-order valence-corrected chi connectivity index (χ0v) is 16.7. The van der Waals surface area contributed by atoms with E-state index in [4.69, 9.17) is 0 Å². The lowest BCUT2D eigenvalue weighted by Gasteiger charge is -2.12. The standard InChI is InChI=1S/C15H18BrN7O3S/c1-17-15(24)22-10-5-9-6-11(7-10)27(25,26)20-4-2-3-18-13-12(16)8-19-14(21-9)23-13/h5-8,20H,2-4H2,1H3,(H2,17,22,24)(H2,18,19,21,23). The number of halogens is 1. The summed E-state index contributed by atoms with van der Waals surface area (Å²) >= 11 is 3.38. The van der Waals surface area contributed by atoms with Crippen molar-refractivity contribution in [2.75, 3.05) is 36.1 Å². The number of benzene rings is 1. The molecule has 10 nitrogen and oxygen atoms in total. The molecule has 5 N–H and O–H groups in total. The van der Waals surface area contributed by atoms with Crippen molar-refractivity contribution in [3.05, 3.63) is 28.9 Å². The number of rotatable bonds is 1. The van der Waals surface area contributed by atoms with Crippen molar-refractivity contribution in [2.45, 2.75) is 11.3 Å². The van der Waals surface area contributed by atoms with Gasteiger partial charge in [0.15, 0.2) is 0 Å². The highest BCUT2D eigenvalue weighted by atomic mass is 79.9. The number of amides is 2. The molecule has 1 aliphatic heterocycles. The van der Waals surface area contributed by atoms with Gasteiger partial charge in [0.05, 0.1) is 9.37 Å². The lowest BCUT2D eigenvalue weighted by Crippen LogP contribution is -2.27. The molecule has 0 aliphatic carbocycles. The molecule has 27 heavy (non-hydrogen) atoms. The summed E-state index contributed by atoms with van der Waals surface area (Å²) in [5.74, 6) is 0.878. The minimum Gasteiger partial charge on any atom is -0.369 e. The SMILES string of the molecule is CNC(=O)Nc1cc2cc(c1)S(=O)(=O)NCCCNc1nc(ncc1Br)N2. The Labute approximate surface area is 164 Å². The summed E-state index contributed by atoms with van der Waals surface area (Å²) in [4.78, 5) is 20.2. The molecule has 1 aromatic heterocycles. The van der Waals surface area contributed by atoms with E-state index in [1.165, 1.54) is 19.2 Å². The van der Waals surface area contributed by atoms with Gasteiger partial charge in [-0.2, -0.15) is 4.98 Å². The third-order valence-corrected chi connectivity index (χ3v) is 5.66. The van der Waals surface area contributed by atoms with Crippen LogP contribution in [-0.4, -0.2) is 44.6 Å². The monoisotopic (exact) mass is 455 g/mol. The average Bonchev–Trinajstić information content (AvgIpc) is 2.63. The van der Waals surface area contributed by atoms with E-state index in [1.807, 2.05) is 0 Å². The molecule has 0 spiro atoms. The summed E-state index contributed by atoms with van der Waals surface area (Å²) in [6, 6.07) is 3.96. The molecule has 2 amide bonds. The van der Waals surface area contributed by atoms with Gasteiger partial charge in [0.1, 0.15) is 5.82 Å². The third kappa shape index (κ3) is 4.84. The van der Waals surface area contributed by atoms with Crippen LogP contribution in [0.1, 0.15) is 6.42 Å². The lowest BCUT2D eigenvalue weighted by molar-refractivity contribution is 0.254. The number of hydrogen-bond acceptors (Lipinski definition) is 7. The highest BCUT2D eigenvalue weighted by molar-refractivity contribution is 9.10. The molecule has 1 aliphatic rings. The minimum absolute atomic E-state index is 0.0171. The van der Waals surface area contributed by atoms with Crippen molar-refractivity contribution in [1.82, 2.24) is 20.0 Å². The van der Waals surface area contributed by atoms with E-state index >= 15 is 0 Å². The summed E-state index contributed by atoms with van der Waals surface area (Å²) in [5.41, 5.74) is 0.724. The molecular weight excluding hydrogens is 438 g/mol. The van der Waals surface area contributed by atoms with Gasteiger partial charge >= 0.3 is 6.03 Å². The summed E-state index contributed by atoms with van der Waals surface area (Å²) in [5, 5.41) is 11.1. The third-order valence-electron chi connectivity index (χ3n) is 3.64. The predicted octanol–water partition coefficient (Wildman–Crippen LogP) is 1.83. The molecule has 1 aromatic carbocycles. The maximum absolute atomic E-state index is 12.6. The largest absolute Gasteiger partial charge is 0.369 e. The summed E-state index contributed by atoms with van der Waals surface area (Å²) in [6.45, 7) is 0.777. The van der Waals surface area contributed by atoms with Crippen LogP contribution in [0, 0.1) is 0 Å². The number of carbonyl (C=O) groups is 1. The first-order valence-electron chi connectivity index (χ1n) is 8.04. The van der Waals surface area contributed by atoms with Gasteiger partial charge in [-0.3, -0.25) is 0 Å². The van der Waals surface area contributed by atoms with Crippen molar-refractivity contribution in [3.63, 3.8) is 0 Å². The topological polar surface area (TPSA) is 137 Å². The fraction of sp³-hybridized carbons (Fsp3) is 0.267. The first-order valence-corrected chi connectivity index (χ1v) is 10.3. The zero-order chi connectivity index (χ0) is 19.4. The molecule has 0 radical (unpaired) electrons. The van der Waals surface area contributed by atoms with Crippen LogP contribution in [0.15, 0.2) is 33.8 Å². The van der Waals surface area contributed by atoms with Gasteiger partial charge in [0.25, 0.3) is 0 Å². The van der Waals surface area contributed by atoms with E-state index < -0.39 is 16.1 Å². The van der Waals surface area contributed by atoms with E-state index in [0.29, 0.717) is 34.6 Å². The normalized spacial score (nSPS) is 15.8. The van der Waals surface area contributed by atoms with Gasteiger partial charge in [-0.25, -0.2) is 22.9 Å². The number of sulfonamides is 1. The molecule has 0 unspecified atom stereocenters. The Kier molecular flexibility index (Phi) is 5.77. The summed E-state index contributed by atoms with van der Waals surface area (Å²) in [7, 11) is -2.28. The van der Waals surface area contributed by atoms with Gasteiger partial charge in [0, 0.05) is 37.7 Å². The zero-order valence-electron chi connectivity index (χ0n) is 14.3. The average molecular weight is 456 g/mol. The smallest absolute Gasteiger partial charge is 0.318 e. The molecule has 4 bridgehead atoms. The maximum Gasteiger partial charge on any atom is 0.318 e. The molecule has 0 saturated heterocycles. The Hall–Kier alpha value is -2.44. The predicted molar refractivity (Wildman–Crippen MR) is 106 cm³/mol. The number of fused-ring (bicyclic) bond motifs is 4. The van der Waals surface area contributed by atoms with E-state index in [0.717, 1.165) is 0 Å². The van der Waals surface area contributed by atoms with Crippen LogP contribution < -0.4 is 26.0 Å². The molecule has 12 heteroatoms. The number of carbonyl (C=O) groups excluding carboxylic acids is 1. The molecule has 0 atom stereocenters. The highest BCUT2D eigenvalue weighted by Crippen LogP contribution is 2.26. The quantitative estimate of drug-likeness (QED) is 0.442. The second-order valence-electron chi connectivity index (χ2n) is 5.64. The Balaban J connectivity index is 2.06. The van der Waals surface area contributed by atoms with Crippen LogP contribution >= 0.6 is 15.9 Å². The Morgan fingerprint density at radius 1 is 1.26 bits per heavy atom. The summed E-state index contributed by atoms with van der Waals surface area (Å²) in [6.07, 6.45) is 2.15. The molecule has 3 rings (SSSR count). The van der Waals surface area contributed by atoms with Crippen LogP contribution in [0.5, 0.6) is 0 Å². The van der Waals surface area contributed by atoms with Crippen molar-refractivity contribution < 1.29 is 13.2 Å². The second-order valence-corrected chi connectivity index (χ2v) is 8.26. The Bertz CT molecular complexity index is 968. The number of nitrogens with one attached hydrogen (secondary N) is 5. The van der Waals surface area contributed by atoms with Gasteiger partial charge in [-0.05, 0) is 40.5 Å². The first kappa shape index (κ1) is 19.3. The van der Waals surface area contributed by atoms with Gasteiger partial charge in [0.2, 0.25) is 16.0 Å². The number of hydrogen-bond donors (Lipinski definition) is 5. The van der Waals surface area contributed by atoms with Crippen molar-refractivity contribution >= 4 is 55.1 Å². The minimum atomic E-state index is -3.75. The van der Waals surface area contributed by atoms with Crippen LogP contribution in [0.25, 0.3) is 0 Å². The number of aromatic nitrogens is 2. The molecule has 2 aromatic rings. The van der Waals surface area contributed by atoms with Crippen LogP contribution in [-0.2, 0) is 10.0 Å². The fourth-order valence-electron chi connectivity index (χ4n) is 2.36. The van der Waals surface area contributed by atoms with Crippen molar-refractivity contribution in [3.8, 4) is 0 Å².